The first kappa shape index (κ1) is 17.1. The van der Waals surface area contributed by atoms with Crippen molar-refractivity contribution >= 4 is 28.2 Å². The molecule has 6 nitrogen and oxygen atoms in total. The third kappa shape index (κ3) is 2.93. The van der Waals surface area contributed by atoms with Crippen LogP contribution in [-0.2, 0) is 4.79 Å². The van der Waals surface area contributed by atoms with Gasteiger partial charge in [-0.25, -0.2) is 4.98 Å². The van der Waals surface area contributed by atoms with E-state index in [2.05, 4.69) is 5.10 Å². The molecule has 0 aliphatic carbocycles. The largest absolute Gasteiger partial charge is 0.301 e. The number of carbonyl (C=O) groups excluding carboxylic acids is 1. The number of aromatic nitrogens is 2. The number of benzene rings is 2. The topological polar surface area (TPSA) is 67.6 Å². The standard InChI is InChI=1S/C21H20N4O2/c1-13(2)23-25-20(22-17-7-5-4-6-16(17)21(25)27)18-12-19(26)24(18)15-10-8-14(3)9-11-15/h4-11,18H,12H2,1-3H3. The molecule has 3 aromatic rings. The van der Waals surface area contributed by atoms with Crippen molar-refractivity contribution < 1.29 is 4.79 Å². The maximum atomic E-state index is 13.0. The van der Waals surface area contributed by atoms with Crippen LogP contribution in [0.1, 0.15) is 37.7 Å². The Labute approximate surface area is 156 Å². The minimum atomic E-state index is -0.319. The third-order valence-electron chi connectivity index (χ3n) is 4.64. The van der Waals surface area contributed by atoms with Crippen molar-refractivity contribution in [2.75, 3.05) is 4.90 Å². The van der Waals surface area contributed by atoms with Gasteiger partial charge < -0.3 is 4.90 Å². The second kappa shape index (κ2) is 6.46. The van der Waals surface area contributed by atoms with Crippen LogP contribution >= 0.6 is 0 Å². The van der Waals surface area contributed by atoms with Crippen LogP contribution < -0.4 is 10.5 Å². The predicted molar refractivity (Wildman–Crippen MR) is 106 cm³/mol. The molecular weight excluding hydrogens is 340 g/mol. The Bertz CT molecular complexity index is 1130. The quantitative estimate of drug-likeness (QED) is 0.531. The molecule has 1 aliphatic heterocycles. The summed E-state index contributed by atoms with van der Waals surface area (Å²) in [5.74, 6) is 0.495. The maximum Gasteiger partial charge on any atom is 0.282 e. The number of carbonyl (C=O) groups is 1. The average Bonchev–Trinajstić information content (AvgIpc) is 2.63. The van der Waals surface area contributed by atoms with Crippen molar-refractivity contribution in [2.24, 2.45) is 5.10 Å². The number of hydrogen-bond donors (Lipinski definition) is 0. The third-order valence-corrected chi connectivity index (χ3v) is 4.64. The van der Waals surface area contributed by atoms with E-state index in [0.717, 1.165) is 17.0 Å². The van der Waals surface area contributed by atoms with E-state index in [1.807, 2.05) is 63.2 Å². The molecule has 0 saturated carbocycles. The van der Waals surface area contributed by atoms with Gasteiger partial charge in [0, 0.05) is 11.4 Å². The molecule has 27 heavy (non-hydrogen) atoms. The number of amides is 1. The summed E-state index contributed by atoms with van der Waals surface area (Å²) in [5.41, 5.74) is 3.05. The van der Waals surface area contributed by atoms with Gasteiger partial charge in [0.25, 0.3) is 5.56 Å². The van der Waals surface area contributed by atoms with Crippen LogP contribution in [0.4, 0.5) is 5.69 Å². The summed E-state index contributed by atoms with van der Waals surface area (Å²) in [5, 5.41) is 4.91. The van der Waals surface area contributed by atoms with Crippen molar-refractivity contribution in [3.63, 3.8) is 0 Å². The maximum absolute atomic E-state index is 13.0. The fourth-order valence-corrected chi connectivity index (χ4v) is 3.31. The average molecular weight is 360 g/mol. The summed E-state index contributed by atoms with van der Waals surface area (Å²) < 4.78 is 1.34. The van der Waals surface area contributed by atoms with Crippen molar-refractivity contribution in [2.45, 2.75) is 33.2 Å². The number of anilines is 1. The van der Waals surface area contributed by atoms with Gasteiger partial charge in [-0.2, -0.15) is 9.78 Å². The second-order valence-corrected chi connectivity index (χ2v) is 6.97. The summed E-state index contributed by atoms with van der Waals surface area (Å²) in [7, 11) is 0. The normalized spacial score (nSPS) is 16.3. The predicted octanol–water partition coefficient (Wildman–Crippen LogP) is 3.43. The Kier molecular flexibility index (Phi) is 4.11. The molecule has 1 saturated heterocycles. The van der Waals surface area contributed by atoms with Crippen LogP contribution in [0.25, 0.3) is 10.9 Å². The zero-order valence-corrected chi connectivity index (χ0v) is 15.5. The van der Waals surface area contributed by atoms with Crippen molar-refractivity contribution in [3.8, 4) is 0 Å². The minimum Gasteiger partial charge on any atom is -0.301 e. The van der Waals surface area contributed by atoms with E-state index < -0.39 is 0 Å². The summed E-state index contributed by atoms with van der Waals surface area (Å²) >= 11 is 0. The van der Waals surface area contributed by atoms with E-state index in [0.29, 0.717) is 23.1 Å². The number of nitrogens with zero attached hydrogens (tertiary/aromatic N) is 4. The Hall–Kier alpha value is -3.28. The van der Waals surface area contributed by atoms with E-state index in [4.69, 9.17) is 4.98 Å². The SMILES string of the molecule is CC(C)=Nn1c(C2CC(=O)N2c2ccc(C)cc2)nc2ccccc2c1=O. The fourth-order valence-electron chi connectivity index (χ4n) is 3.31. The second-order valence-electron chi connectivity index (χ2n) is 6.97. The van der Waals surface area contributed by atoms with Crippen LogP contribution in [0.2, 0.25) is 0 Å². The van der Waals surface area contributed by atoms with Gasteiger partial charge >= 0.3 is 0 Å². The number of para-hydroxylation sites is 1. The lowest BCUT2D eigenvalue weighted by molar-refractivity contribution is -0.124. The van der Waals surface area contributed by atoms with E-state index in [9.17, 15) is 9.59 Å². The Balaban J connectivity index is 1.90. The van der Waals surface area contributed by atoms with E-state index in [-0.39, 0.29) is 17.5 Å². The van der Waals surface area contributed by atoms with Gasteiger partial charge in [-0.3, -0.25) is 9.59 Å². The van der Waals surface area contributed by atoms with Crippen LogP contribution in [0.15, 0.2) is 58.4 Å². The van der Waals surface area contributed by atoms with E-state index in [1.165, 1.54) is 4.68 Å². The van der Waals surface area contributed by atoms with Gasteiger partial charge in [-0.05, 0) is 45.0 Å². The van der Waals surface area contributed by atoms with Crippen molar-refractivity contribution in [3.05, 3.63) is 70.3 Å². The summed E-state index contributed by atoms with van der Waals surface area (Å²) in [4.78, 5) is 31.8. The molecule has 1 unspecified atom stereocenters. The molecule has 1 aliphatic rings. The van der Waals surface area contributed by atoms with Gasteiger partial charge in [-0.1, -0.05) is 29.8 Å². The molecule has 0 spiro atoms. The van der Waals surface area contributed by atoms with Crippen LogP contribution in [0.5, 0.6) is 0 Å². The van der Waals surface area contributed by atoms with Gasteiger partial charge in [-0.15, -0.1) is 0 Å². The number of fused-ring (bicyclic) bond motifs is 1. The zero-order chi connectivity index (χ0) is 19.1. The van der Waals surface area contributed by atoms with E-state index >= 15 is 0 Å². The van der Waals surface area contributed by atoms with Crippen LogP contribution in [0, 0.1) is 6.92 Å². The molecule has 4 rings (SSSR count). The summed E-state index contributed by atoms with van der Waals surface area (Å²) in [6, 6.07) is 14.7. The van der Waals surface area contributed by atoms with Gasteiger partial charge in [0.1, 0.15) is 6.04 Å². The molecule has 2 heterocycles. The van der Waals surface area contributed by atoms with Crippen LogP contribution in [-0.4, -0.2) is 21.3 Å². The Morgan fingerprint density at radius 1 is 1.07 bits per heavy atom. The molecule has 1 aromatic heterocycles. The summed E-state index contributed by atoms with van der Waals surface area (Å²) in [6.07, 6.45) is 0.303. The molecule has 6 heteroatoms. The minimum absolute atomic E-state index is 0.00927. The molecule has 2 aromatic carbocycles. The molecule has 0 bridgehead atoms. The smallest absolute Gasteiger partial charge is 0.282 e. The highest BCUT2D eigenvalue weighted by Crippen LogP contribution is 2.38. The molecule has 0 radical (unpaired) electrons. The Morgan fingerprint density at radius 2 is 1.78 bits per heavy atom. The van der Waals surface area contributed by atoms with Crippen LogP contribution in [0.3, 0.4) is 0 Å². The lowest BCUT2D eigenvalue weighted by Gasteiger charge is -2.40. The first-order chi connectivity index (χ1) is 13.0. The lowest BCUT2D eigenvalue weighted by Crippen LogP contribution is -2.48. The molecule has 136 valence electrons. The highest BCUT2D eigenvalue weighted by molar-refractivity contribution is 6.01. The van der Waals surface area contributed by atoms with Gasteiger partial charge in [0.2, 0.25) is 5.91 Å². The monoisotopic (exact) mass is 360 g/mol. The molecule has 1 atom stereocenters. The van der Waals surface area contributed by atoms with Crippen molar-refractivity contribution in [1.82, 2.24) is 9.66 Å². The first-order valence-corrected chi connectivity index (χ1v) is 8.88. The highest BCUT2D eigenvalue weighted by Gasteiger charge is 2.41. The van der Waals surface area contributed by atoms with E-state index in [1.54, 1.807) is 11.0 Å². The Morgan fingerprint density at radius 3 is 2.44 bits per heavy atom. The number of β-lactam (4-membered cyclic amide) rings is 1. The van der Waals surface area contributed by atoms with Crippen molar-refractivity contribution in [1.29, 1.82) is 0 Å². The first-order valence-electron chi connectivity index (χ1n) is 8.88. The van der Waals surface area contributed by atoms with Gasteiger partial charge in [0.15, 0.2) is 5.82 Å². The lowest BCUT2D eigenvalue weighted by atomic mass is 9.99. The number of rotatable bonds is 3. The molecule has 1 fully saturated rings. The number of hydrogen-bond acceptors (Lipinski definition) is 4. The fraction of sp³-hybridized carbons (Fsp3) is 0.238. The molecule has 0 N–H and O–H groups in total. The molecular formula is C21H20N4O2. The zero-order valence-electron chi connectivity index (χ0n) is 15.5. The van der Waals surface area contributed by atoms with Gasteiger partial charge in [0.05, 0.1) is 17.3 Å². The highest BCUT2D eigenvalue weighted by atomic mass is 16.2. The molecule has 1 amide bonds. The number of aryl methyl sites for hydroxylation is 1. The summed E-state index contributed by atoms with van der Waals surface area (Å²) in [6.45, 7) is 5.66.